The zero-order chi connectivity index (χ0) is 12.0. The lowest BCUT2D eigenvalue weighted by atomic mass is 10.2. The number of pyridine rings is 1. The molecule has 1 atom stereocenters. The van der Waals surface area contributed by atoms with Gasteiger partial charge < -0.3 is 10.1 Å². The first-order chi connectivity index (χ1) is 7.69. The highest BCUT2D eigenvalue weighted by molar-refractivity contribution is 5.42. The Balaban J connectivity index is 2.64. The van der Waals surface area contributed by atoms with Crippen molar-refractivity contribution in [3.05, 3.63) is 23.9 Å². The average Bonchev–Trinajstić information content (AvgIpc) is 2.30. The van der Waals surface area contributed by atoms with Gasteiger partial charge in [0.15, 0.2) is 0 Å². The number of nitrogens with zero attached hydrogens (tertiary/aromatic N) is 2. The topological polar surface area (TPSA) is 37.4 Å². The molecular weight excluding hydrogens is 202 g/mol. The van der Waals surface area contributed by atoms with E-state index < -0.39 is 0 Å². The molecule has 1 unspecified atom stereocenters. The summed E-state index contributed by atoms with van der Waals surface area (Å²) >= 11 is 0. The van der Waals surface area contributed by atoms with Crippen LogP contribution in [0.5, 0.6) is 0 Å². The predicted octanol–water partition coefficient (Wildman–Crippen LogP) is 1.59. The molecule has 16 heavy (non-hydrogen) atoms. The molecule has 0 aliphatic carbocycles. The third kappa shape index (κ3) is 3.47. The van der Waals surface area contributed by atoms with E-state index in [0.717, 1.165) is 19.0 Å². The van der Waals surface area contributed by atoms with Gasteiger partial charge in [-0.25, -0.2) is 4.98 Å². The molecule has 0 spiro atoms. The first kappa shape index (κ1) is 12.9. The Morgan fingerprint density at radius 2 is 2.31 bits per heavy atom. The number of ether oxygens (including phenoxy) is 1. The molecule has 4 heteroatoms. The van der Waals surface area contributed by atoms with Crippen LogP contribution in [0.3, 0.4) is 0 Å². The second kappa shape index (κ2) is 6.45. The van der Waals surface area contributed by atoms with Gasteiger partial charge in [0.1, 0.15) is 5.82 Å². The third-order valence-electron chi connectivity index (χ3n) is 2.71. The van der Waals surface area contributed by atoms with Gasteiger partial charge in [0, 0.05) is 38.5 Å². The summed E-state index contributed by atoms with van der Waals surface area (Å²) in [5.41, 5.74) is 1.20. The minimum atomic E-state index is 0.398. The Morgan fingerprint density at radius 3 is 2.94 bits per heavy atom. The van der Waals surface area contributed by atoms with Gasteiger partial charge in [-0.2, -0.15) is 0 Å². The van der Waals surface area contributed by atoms with Crippen molar-refractivity contribution < 1.29 is 4.74 Å². The number of methoxy groups -OCH3 is 1. The van der Waals surface area contributed by atoms with Crippen molar-refractivity contribution in [2.75, 3.05) is 33.1 Å². The fourth-order valence-corrected chi connectivity index (χ4v) is 1.58. The van der Waals surface area contributed by atoms with E-state index in [0.29, 0.717) is 6.04 Å². The molecule has 0 aliphatic heterocycles. The fourth-order valence-electron chi connectivity index (χ4n) is 1.58. The van der Waals surface area contributed by atoms with E-state index in [1.54, 1.807) is 13.3 Å². The van der Waals surface area contributed by atoms with Crippen molar-refractivity contribution in [1.82, 2.24) is 9.88 Å². The Bertz CT molecular complexity index is 317. The molecule has 0 aliphatic rings. The highest BCUT2D eigenvalue weighted by Gasteiger charge is 2.11. The van der Waals surface area contributed by atoms with Gasteiger partial charge in [-0.05, 0) is 20.0 Å². The molecule has 1 aromatic rings. The molecule has 4 nitrogen and oxygen atoms in total. The van der Waals surface area contributed by atoms with Gasteiger partial charge in [0.05, 0.1) is 6.61 Å². The minimum Gasteiger partial charge on any atom is -0.383 e. The first-order valence-corrected chi connectivity index (χ1v) is 5.49. The van der Waals surface area contributed by atoms with Crippen molar-refractivity contribution in [3.8, 4) is 0 Å². The van der Waals surface area contributed by atoms with Gasteiger partial charge >= 0.3 is 0 Å². The van der Waals surface area contributed by atoms with Crippen LogP contribution in [-0.4, -0.2) is 43.7 Å². The number of hydrogen-bond donors (Lipinski definition) is 1. The van der Waals surface area contributed by atoms with Crippen LogP contribution in [0.1, 0.15) is 12.5 Å². The van der Waals surface area contributed by atoms with E-state index in [1.165, 1.54) is 5.56 Å². The molecule has 1 aromatic heterocycles. The van der Waals surface area contributed by atoms with Crippen molar-refractivity contribution in [3.63, 3.8) is 0 Å². The second-order valence-electron chi connectivity index (χ2n) is 3.98. The molecule has 0 amide bonds. The van der Waals surface area contributed by atoms with Crippen molar-refractivity contribution in [1.29, 1.82) is 0 Å². The van der Waals surface area contributed by atoms with Crippen LogP contribution in [-0.2, 0) is 11.3 Å². The summed E-state index contributed by atoms with van der Waals surface area (Å²) in [6, 6.07) is 4.45. The first-order valence-electron chi connectivity index (χ1n) is 5.49. The van der Waals surface area contributed by atoms with Gasteiger partial charge in [0.25, 0.3) is 0 Å². The van der Waals surface area contributed by atoms with E-state index in [1.807, 2.05) is 13.1 Å². The summed E-state index contributed by atoms with van der Waals surface area (Å²) in [6.07, 6.45) is 1.80. The Labute approximate surface area is 97.6 Å². The smallest absolute Gasteiger partial charge is 0.130 e. The lowest BCUT2D eigenvalue weighted by Gasteiger charge is -2.24. The van der Waals surface area contributed by atoms with Crippen LogP contribution in [0.15, 0.2) is 18.3 Å². The maximum Gasteiger partial charge on any atom is 0.130 e. The molecule has 0 bridgehead atoms. The number of likely N-dealkylation sites (N-methyl/N-ethyl adjacent to an activating group) is 1. The van der Waals surface area contributed by atoms with E-state index in [4.69, 9.17) is 4.74 Å². The standard InChI is InChI=1S/C12H21N3O/c1-10(9-16-4)15(3)8-11-6-5-7-14-12(11)13-2/h5-7,10H,8-9H2,1-4H3,(H,13,14). The maximum absolute atomic E-state index is 5.15. The summed E-state index contributed by atoms with van der Waals surface area (Å²) < 4.78 is 5.15. The van der Waals surface area contributed by atoms with Crippen LogP contribution in [0.4, 0.5) is 5.82 Å². The average molecular weight is 223 g/mol. The lowest BCUT2D eigenvalue weighted by molar-refractivity contribution is 0.112. The molecule has 1 rings (SSSR count). The molecule has 90 valence electrons. The summed E-state index contributed by atoms with van der Waals surface area (Å²) in [5, 5.41) is 3.10. The fraction of sp³-hybridized carbons (Fsp3) is 0.583. The molecule has 0 aromatic carbocycles. The Morgan fingerprint density at radius 1 is 1.56 bits per heavy atom. The lowest BCUT2D eigenvalue weighted by Crippen LogP contribution is -2.32. The highest BCUT2D eigenvalue weighted by Crippen LogP contribution is 2.13. The number of anilines is 1. The number of hydrogen-bond acceptors (Lipinski definition) is 4. The summed E-state index contributed by atoms with van der Waals surface area (Å²) in [6.45, 7) is 3.76. The number of aromatic nitrogens is 1. The van der Waals surface area contributed by atoms with Crippen molar-refractivity contribution >= 4 is 5.82 Å². The minimum absolute atomic E-state index is 0.398. The second-order valence-corrected chi connectivity index (χ2v) is 3.98. The Kier molecular flexibility index (Phi) is 5.22. The summed E-state index contributed by atoms with van der Waals surface area (Å²) in [5.74, 6) is 0.943. The molecule has 0 fully saturated rings. The number of rotatable bonds is 6. The SMILES string of the molecule is CNc1ncccc1CN(C)C(C)COC. The molecule has 0 saturated carbocycles. The molecule has 1 N–H and O–H groups in total. The van der Waals surface area contributed by atoms with E-state index >= 15 is 0 Å². The zero-order valence-corrected chi connectivity index (χ0v) is 10.5. The molecule has 1 heterocycles. The van der Waals surface area contributed by atoms with Crippen LogP contribution in [0, 0.1) is 0 Å². The monoisotopic (exact) mass is 223 g/mol. The molecular formula is C12H21N3O. The van der Waals surface area contributed by atoms with Gasteiger partial charge in [-0.15, -0.1) is 0 Å². The third-order valence-corrected chi connectivity index (χ3v) is 2.71. The van der Waals surface area contributed by atoms with Crippen molar-refractivity contribution in [2.24, 2.45) is 0 Å². The maximum atomic E-state index is 5.15. The normalized spacial score (nSPS) is 12.8. The predicted molar refractivity (Wildman–Crippen MR) is 66.6 cm³/mol. The van der Waals surface area contributed by atoms with E-state index in [-0.39, 0.29) is 0 Å². The van der Waals surface area contributed by atoms with Crippen LogP contribution < -0.4 is 5.32 Å². The molecule has 0 radical (unpaired) electrons. The van der Waals surface area contributed by atoms with Gasteiger partial charge in [-0.1, -0.05) is 6.07 Å². The summed E-state index contributed by atoms with van der Waals surface area (Å²) in [4.78, 5) is 6.54. The highest BCUT2D eigenvalue weighted by atomic mass is 16.5. The molecule has 0 saturated heterocycles. The zero-order valence-electron chi connectivity index (χ0n) is 10.5. The number of nitrogens with one attached hydrogen (secondary N) is 1. The van der Waals surface area contributed by atoms with Crippen molar-refractivity contribution in [2.45, 2.75) is 19.5 Å². The summed E-state index contributed by atoms with van der Waals surface area (Å²) in [7, 11) is 5.72. The van der Waals surface area contributed by atoms with E-state index in [9.17, 15) is 0 Å². The largest absolute Gasteiger partial charge is 0.383 e. The Hall–Kier alpha value is -1.13. The van der Waals surface area contributed by atoms with Crippen LogP contribution >= 0.6 is 0 Å². The van der Waals surface area contributed by atoms with Gasteiger partial charge in [-0.3, -0.25) is 4.90 Å². The van der Waals surface area contributed by atoms with Crippen LogP contribution in [0.25, 0.3) is 0 Å². The quantitative estimate of drug-likeness (QED) is 0.794. The van der Waals surface area contributed by atoms with E-state index in [2.05, 4.69) is 35.2 Å². The van der Waals surface area contributed by atoms with Gasteiger partial charge in [0.2, 0.25) is 0 Å². The van der Waals surface area contributed by atoms with Crippen LogP contribution in [0.2, 0.25) is 0 Å².